The summed E-state index contributed by atoms with van der Waals surface area (Å²) >= 11 is 0.213. The van der Waals surface area contributed by atoms with E-state index in [-0.39, 0.29) is 14.5 Å². The van der Waals surface area contributed by atoms with Crippen LogP contribution >= 0.6 is 0 Å². The molecule has 0 fully saturated rings. The first-order valence-corrected chi connectivity index (χ1v) is 5.63. The Labute approximate surface area is 81.6 Å². The van der Waals surface area contributed by atoms with Gasteiger partial charge in [-0.15, -0.1) is 0 Å². The third-order valence-corrected chi connectivity index (χ3v) is 4.26. The van der Waals surface area contributed by atoms with E-state index in [9.17, 15) is 4.79 Å². The standard InChI is InChI=1S/C10H8O2Se/c1-6-9(10(11)12)7-4-2-3-5-8(7)13-6/h2-5H,1H3,(H,11,12). The second-order valence-corrected chi connectivity index (χ2v) is 5.47. The van der Waals surface area contributed by atoms with Gasteiger partial charge in [0.25, 0.3) is 0 Å². The Morgan fingerprint density at radius 1 is 1.38 bits per heavy atom. The summed E-state index contributed by atoms with van der Waals surface area (Å²) < 4.78 is 2.20. The number of carboxylic acid groups (broad SMARTS) is 1. The summed E-state index contributed by atoms with van der Waals surface area (Å²) in [4.78, 5) is 10.9. The Morgan fingerprint density at radius 3 is 2.77 bits per heavy atom. The number of aryl methyl sites for hydroxylation is 1. The predicted molar refractivity (Wildman–Crippen MR) is 52.6 cm³/mol. The van der Waals surface area contributed by atoms with E-state index in [4.69, 9.17) is 5.11 Å². The maximum atomic E-state index is 10.9. The van der Waals surface area contributed by atoms with E-state index in [2.05, 4.69) is 0 Å². The summed E-state index contributed by atoms with van der Waals surface area (Å²) in [5.74, 6) is -0.802. The number of hydrogen-bond acceptors (Lipinski definition) is 1. The number of hydrogen-bond donors (Lipinski definition) is 1. The van der Waals surface area contributed by atoms with Gasteiger partial charge in [0, 0.05) is 0 Å². The maximum absolute atomic E-state index is 10.9. The van der Waals surface area contributed by atoms with Crippen LogP contribution in [0.4, 0.5) is 0 Å². The topological polar surface area (TPSA) is 37.3 Å². The van der Waals surface area contributed by atoms with Crippen LogP contribution in [0.25, 0.3) is 9.65 Å². The Kier molecular flexibility index (Phi) is 1.98. The monoisotopic (exact) mass is 240 g/mol. The molecule has 0 unspecified atom stereocenters. The van der Waals surface area contributed by atoms with Crippen LogP contribution in [0.5, 0.6) is 0 Å². The summed E-state index contributed by atoms with van der Waals surface area (Å²) in [6, 6.07) is 7.74. The van der Waals surface area contributed by atoms with E-state index >= 15 is 0 Å². The first-order chi connectivity index (χ1) is 6.20. The molecule has 0 amide bonds. The van der Waals surface area contributed by atoms with Crippen molar-refractivity contribution < 1.29 is 9.90 Å². The summed E-state index contributed by atoms with van der Waals surface area (Å²) in [7, 11) is 0. The second kappa shape index (κ2) is 3.02. The number of benzene rings is 1. The molecule has 0 aliphatic heterocycles. The van der Waals surface area contributed by atoms with Crippen molar-refractivity contribution in [2.45, 2.75) is 6.92 Å². The van der Waals surface area contributed by atoms with E-state index in [0.717, 1.165) is 9.82 Å². The van der Waals surface area contributed by atoms with Gasteiger partial charge in [-0.2, -0.15) is 0 Å². The zero-order valence-corrected chi connectivity index (χ0v) is 8.79. The van der Waals surface area contributed by atoms with Crippen molar-refractivity contribution in [3.05, 3.63) is 34.3 Å². The minimum absolute atomic E-state index is 0.213. The zero-order valence-electron chi connectivity index (χ0n) is 7.07. The minimum atomic E-state index is -0.802. The molecule has 0 saturated carbocycles. The number of fused-ring (bicyclic) bond motifs is 1. The number of aromatic carboxylic acids is 1. The van der Waals surface area contributed by atoms with Gasteiger partial charge in [-0.3, -0.25) is 0 Å². The molecule has 2 aromatic rings. The van der Waals surface area contributed by atoms with Crippen molar-refractivity contribution in [2.75, 3.05) is 0 Å². The molecule has 0 bridgehead atoms. The van der Waals surface area contributed by atoms with Crippen LogP contribution in [0.1, 0.15) is 14.8 Å². The van der Waals surface area contributed by atoms with Crippen LogP contribution in [-0.4, -0.2) is 25.6 Å². The fourth-order valence-corrected chi connectivity index (χ4v) is 3.65. The zero-order chi connectivity index (χ0) is 9.42. The van der Waals surface area contributed by atoms with Crippen molar-refractivity contribution in [3.8, 4) is 0 Å². The summed E-state index contributed by atoms with van der Waals surface area (Å²) in [5, 5.41) is 9.89. The molecule has 2 rings (SSSR count). The Morgan fingerprint density at radius 2 is 2.08 bits per heavy atom. The fraction of sp³-hybridized carbons (Fsp3) is 0.100. The molecular formula is C10H8O2Se. The van der Waals surface area contributed by atoms with Gasteiger partial charge in [0.05, 0.1) is 0 Å². The van der Waals surface area contributed by atoms with Crippen molar-refractivity contribution in [1.82, 2.24) is 0 Å². The fourth-order valence-electron chi connectivity index (χ4n) is 1.43. The van der Waals surface area contributed by atoms with Crippen molar-refractivity contribution in [3.63, 3.8) is 0 Å². The number of carbonyl (C=O) groups is 1. The molecule has 66 valence electrons. The molecule has 1 aromatic heterocycles. The molecule has 0 spiro atoms. The first-order valence-electron chi connectivity index (χ1n) is 3.91. The molecule has 0 aliphatic rings. The van der Waals surface area contributed by atoms with Gasteiger partial charge in [-0.05, 0) is 0 Å². The van der Waals surface area contributed by atoms with Gasteiger partial charge in [-0.25, -0.2) is 0 Å². The third kappa shape index (κ3) is 1.30. The van der Waals surface area contributed by atoms with E-state index in [1.54, 1.807) is 0 Å². The van der Waals surface area contributed by atoms with Crippen molar-refractivity contribution in [2.24, 2.45) is 0 Å². The number of rotatable bonds is 1. The van der Waals surface area contributed by atoms with Crippen molar-refractivity contribution >= 4 is 30.1 Å². The predicted octanol–water partition coefficient (Wildman–Crippen LogP) is 1.90. The van der Waals surface area contributed by atoms with E-state index in [0.29, 0.717) is 5.56 Å². The van der Waals surface area contributed by atoms with Crippen LogP contribution in [0.15, 0.2) is 24.3 Å². The van der Waals surface area contributed by atoms with Gasteiger partial charge < -0.3 is 0 Å². The van der Waals surface area contributed by atoms with Crippen LogP contribution < -0.4 is 0 Å². The third-order valence-electron chi connectivity index (χ3n) is 1.99. The summed E-state index contributed by atoms with van der Waals surface area (Å²) in [6.07, 6.45) is 0. The van der Waals surface area contributed by atoms with E-state index in [1.807, 2.05) is 31.2 Å². The van der Waals surface area contributed by atoms with Gasteiger partial charge in [-0.1, -0.05) is 0 Å². The molecule has 3 heteroatoms. The van der Waals surface area contributed by atoms with Crippen LogP contribution in [-0.2, 0) is 0 Å². The van der Waals surface area contributed by atoms with Gasteiger partial charge in [0.1, 0.15) is 0 Å². The first kappa shape index (κ1) is 8.54. The molecule has 1 heterocycles. The van der Waals surface area contributed by atoms with Crippen LogP contribution in [0.3, 0.4) is 0 Å². The molecule has 0 aliphatic carbocycles. The number of carboxylic acids is 1. The van der Waals surface area contributed by atoms with E-state index < -0.39 is 5.97 Å². The molecule has 1 aromatic carbocycles. The SMILES string of the molecule is Cc1[se]c2ccccc2c1C(=O)O. The Balaban J connectivity index is 2.86. The molecule has 1 N–H and O–H groups in total. The van der Waals surface area contributed by atoms with Crippen LogP contribution in [0.2, 0.25) is 0 Å². The molecular weight excluding hydrogens is 231 g/mol. The van der Waals surface area contributed by atoms with Gasteiger partial charge in [0.15, 0.2) is 0 Å². The molecule has 0 saturated heterocycles. The molecule has 13 heavy (non-hydrogen) atoms. The quantitative estimate of drug-likeness (QED) is 0.772. The normalized spacial score (nSPS) is 10.5. The Hall–Kier alpha value is -1.05. The Bertz CT molecular complexity index is 471. The van der Waals surface area contributed by atoms with Crippen LogP contribution in [0, 0.1) is 6.92 Å². The van der Waals surface area contributed by atoms with Gasteiger partial charge in [0.2, 0.25) is 0 Å². The summed E-state index contributed by atoms with van der Waals surface area (Å²) in [6.45, 7) is 1.91. The average molecular weight is 239 g/mol. The molecule has 2 nitrogen and oxygen atoms in total. The average Bonchev–Trinajstić information content (AvgIpc) is 2.39. The molecule has 0 atom stereocenters. The van der Waals surface area contributed by atoms with Crippen molar-refractivity contribution in [1.29, 1.82) is 0 Å². The molecule has 0 radical (unpaired) electrons. The van der Waals surface area contributed by atoms with Gasteiger partial charge >= 0.3 is 81.2 Å². The van der Waals surface area contributed by atoms with E-state index in [1.165, 1.54) is 4.26 Å². The second-order valence-electron chi connectivity index (χ2n) is 2.83. The summed E-state index contributed by atoms with van der Waals surface area (Å²) in [5.41, 5.74) is 0.510.